The van der Waals surface area contributed by atoms with E-state index in [0.29, 0.717) is 26.2 Å². The van der Waals surface area contributed by atoms with E-state index in [0.717, 1.165) is 5.56 Å². The maximum atomic E-state index is 11.8. The van der Waals surface area contributed by atoms with Crippen molar-refractivity contribution >= 4 is 11.8 Å². The number of rotatable bonds is 9. The summed E-state index contributed by atoms with van der Waals surface area (Å²) in [5, 5.41) is 14.4. The molecule has 6 heteroatoms. The summed E-state index contributed by atoms with van der Waals surface area (Å²) in [7, 11) is 0. The Morgan fingerprint density at radius 3 is 2.43 bits per heavy atom. The van der Waals surface area contributed by atoms with E-state index in [2.05, 4.69) is 10.6 Å². The predicted molar refractivity (Wildman–Crippen MR) is 80.5 cm³/mol. The van der Waals surface area contributed by atoms with E-state index in [4.69, 9.17) is 5.11 Å². The van der Waals surface area contributed by atoms with Gasteiger partial charge in [-0.25, -0.2) is 0 Å². The minimum atomic E-state index is -0.121. The van der Waals surface area contributed by atoms with Crippen molar-refractivity contribution in [3.8, 4) is 0 Å². The molecule has 0 fully saturated rings. The minimum Gasteiger partial charge on any atom is -0.395 e. The number of hydrogen-bond donors (Lipinski definition) is 3. The van der Waals surface area contributed by atoms with Gasteiger partial charge in [-0.15, -0.1) is 0 Å². The second-order valence-electron chi connectivity index (χ2n) is 4.75. The Labute approximate surface area is 125 Å². The molecule has 0 saturated carbocycles. The highest BCUT2D eigenvalue weighted by molar-refractivity contribution is 5.78. The number of nitrogens with one attached hydrogen (secondary N) is 2. The first kappa shape index (κ1) is 17.1. The lowest BCUT2D eigenvalue weighted by Crippen LogP contribution is -2.41. The van der Waals surface area contributed by atoms with E-state index < -0.39 is 0 Å². The zero-order valence-electron chi connectivity index (χ0n) is 12.3. The van der Waals surface area contributed by atoms with Crippen molar-refractivity contribution in [3.05, 3.63) is 35.9 Å². The molecule has 116 valence electrons. The van der Waals surface area contributed by atoms with Crippen LogP contribution in [-0.4, -0.2) is 54.6 Å². The predicted octanol–water partition coefficient (Wildman–Crippen LogP) is -0.267. The first-order valence-electron chi connectivity index (χ1n) is 7.00. The lowest BCUT2D eigenvalue weighted by molar-refractivity contribution is -0.123. The number of aliphatic hydroxyl groups excluding tert-OH is 1. The number of hydrogen-bond acceptors (Lipinski definition) is 4. The summed E-state index contributed by atoms with van der Waals surface area (Å²) < 4.78 is 0. The molecule has 21 heavy (non-hydrogen) atoms. The van der Waals surface area contributed by atoms with Crippen molar-refractivity contribution in [1.82, 2.24) is 15.5 Å². The Balaban J connectivity index is 2.35. The number of nitrogens with zero attached hydrogens (tertiary/aromatic N) is 1. The van der Waals surface area contributed by atoms with Crippen LogP contribution in [0.3, 0.4) is 0 Å². The summed E-state index contributed by atoms with van der Waals surface area (Å²) in [6.45, 7) is 3.52. The van der Waals surface area contributed by atoms with Gasteiger partial charge in [0.2, 0.25) is 11.8 Å². The van der Waals surface area contributed by atoms with Crippen LogP contribution in [0.5, 0.6) is 0 Å². The van der Waals surface area contributed by atoms with Crippen molar-refractivity contribution in [1.29, 1.82) is 0 Å². The second kappa shape index (κ2) is 9.90. The molecule has 0 unspecified atom stereocenters. The van der Waals surface area contributed by atoms with E-state index in [1.165, 1.54) is 6.92 Å². The summed E-state index contributed by atoms with van der Waals surface area (Å²) >= 11 is 0. The zero-order chi connectivity index (χ0) is 15.5. The molecule has 3 N–H and O–H groups in total. The molecule has 1 aromatic carbocycles. The molecule has 0 saturated heterocycles. The van der Waals surface area contributed by atoms with E-state index in [9.17, 15) is 9.59 Å². The van der Waals surface area contributed by atoms with Gasteiger partial charge in [0.25, 0.3) is 0 Å². The van der Waals surface area contributed by atoms with Crippen LogP contribution >= 0.6 is 0 Å². The van der Waals surface area contributed by atoms with Crippen molar-refractivity contribution in [2.24, 2.45) is 0 Å². The standard InChI is InChI=1S/C15H23N3O3/c1-13(20)16-7-8-17-15(21)12-18(9-10-19)11-14-5-3-2-4-6-14/h2-6,19H,7-12H2,1H3,(H,16,20)(H,17,21). The molecule has 1 rings (SSSR count). The van der Waals surface area contributed by atoms with Gasteiger partial charge in [-0.05, 0) is 5.56 Å². The summed E-state index contributed by atoms with van der Waals surface area (Å²) in [5.41, 5.74) is 1.09. The normalized spacial score (nSPS) is 10.4. The number of benzene rings is 1. The van der Waals surface area contributed by atoms with Gasteiger partial charge >= 0.3 is 0 Å². The van der Waals surface area contributed by atoms with Crippen LogP contribution in [0.1, 0.15) is 12.5 Å². The monoisotopic (exact) mass is 293 g/mol. The van der Waals surface area contributed by atoms with Gasteiger partial charge in [0.15, 0.2) is 0 Å². The number of amides is 2. The SMILES string of the molecule is CC(=O)NCCNC(=O)CN(CCO)Cc1ccccc1. The molecule has 1 aromatic rings. The molecule has 0 radical (unpaired) electrons. The lowest BCUT2D eigenvalue weighted by Gasteiger charge is -2.20. The Morgan fingerprint density at radius 1 is 1.14 bits per heavy atom. The molecule has 0 aliphatic rings. The third-order valence-corrected chi connectivity index (χ3v) is 2.85. The molecular weight excluding hydrogens is 270 g/mol. The second-order valence-corrected chi connectivity index (χ2v) is 4.75. The number of carbonyl (C=O) groups is 2. The van der Waals surface area contributed by atoms with Gasteiger partial charge in [-0.2, -0.15) is 0 Å². The smallest absolute Gasteiger partial charge is 0.234 e. The third kappa shape index (κ3) is 8.06. The van der Waals surface area contributed by atoms with Crippen molar-refractivity contribution in [2.45, 2.75) is 13.5 Å². The van der Waals surface area contributed by atoms with Gasteiger partial charge in [0.1, 0.15) is 0 Å². The molecule has 0 aromatic heterocycles. The van der Waals surface area contributed by atoms with E-state index in [1.807, 2.05) is 35.2 Å². The lowest BCUT2D eigenvalue weighted by atomic mass is 10.2. The van der Waals surface area contributed by atoms with Crippen LogP contribution in [0.15, 0.2) is 30.3 Å². The fourth-order valence-corrected chi connectivity index (χ4v) is 1.90. The summed E-state index contributed by atoms with van der Waals surface area (Å²) in [6, 6.07) is 9.80. The maximum Gasteiger partial charge on any atom is 0.234 e. The van der Waals surface area contributed by atoms with Crippen LogP contribution in [0.4, 0.5) is 0 Å². The molecule has 6 nitrogen and oxygen atoms in total. The third-order valence-electron chi connectivity index (χ3n) is 2.85. The van der Waals surface area contributed by atoms with Crippen LogP contribution in [-0.2, 0) is 16.1 Å². The van der Waals surface area contributed by atoms with Gasteiger partial charge < -0.3 is 15.7 Å². The van der Waals surface area contributed by atoms with Gasteiger partial charge in [-0.3, -0.25) is 14.5 Å². The largest absolute Gasteiger partial charge is 0.395 e. The van der Waals surface area contributed by atoms with E-state index >= 15 is 0 Å². The van der Waals surface area contributed by atoms with Gasteiger partial charge in [-0.1, -0.05) is 30.3 Å². The average Bonchev–Trinajstić information content (AvgIpc) is 2.45. The molecule has 0 atom stereocenters. The Kier molecular flexibility index (Phi) is 8.08. The van der Waals surface area contributed by atoms with E-state index in [1.54, 1.807) is 0 Å². The summed E-state index contributed by atoms with van der Waals surface area (Å²) in [5.74, 6) is -0.236. The molecule has 0 heterocycles. The first-order valence-corrected chi connectivity index (χ1v) is 7.00. The number of carbonyl (C=O) groups excluding carboxylic acids is 2. The Morgan fingerprint density at radius 2 is 1.81 bits per heavy atom. The van der Waals surface area contributed by atoms with Gasteiger partial charge in [0, 0.05) is 33.1 Å². The van der Waals surface area contributed by atoms with Gasteiger partial charge in [0.05, 0.1) is 13.2 Å². The molecule has 0 bridgehead atoms. The zero-order valence-corrected chi connectivity index (χ0v) is 12.3. The van der Waals surface area contributed by atoms with Crippen LogP contribution in [0.25, 0.3) is 0 Å². The highest BCUT2D eigenvalue weighted by Gasteiger charge is 2.10. The fraction of sp³-hybridized carbons (Fsp3) is 0.467. The average molecular weight is 293 g/mol. The number of aliphatic hydroxyl groups is 1. The fourth-order valence-electron chi connectivity index (χ4n) is 1.90. The van der Waals surface area contributed by atoms with Crippen molar-refractivity contribution in [3.63, 3.8) is 0 Å². The van der Waals surface area contributed by atoms with E-state index in [-0.39, 0.29) is 25.0 Å². The Bertz CT molecular complexity index is 437. The minimum absolute atomic E-state index is 0.00596. The highest BCUT2D eigenvalue weighted by atomic mass is 16.3. The van der Waals surface area contributed by atoms with Crippen LogP contribution in [0.2, 0.25) is 0 Å². The topological polar surface area (TPSA) is 81.7 Å². The van der Waals surface area contributed by atoms with Crippen LogP contribution in [0, 0.1) is 0 Å². The Hall–Kier alpha value is -1.92. The van der Waals surface area contributed by atoms with Crippen LogP contribution < -0.4 is 10.6 Å². The quantitative estimate of drug-likeness (QED) is 0.548. The highest BCUT2D eigenvalue weighted by Crippen LogP contribution is 2.03. The maximum absolute atomic E-state index is 11.8. The molecule has 0 aliphatic heterocycles. The van der Waals surface area contributed by atoms with Crippen molar-refractivity contribution < 1.29 is 14.7 Å². The molecule has 0 aliphatic carbocycles. The molecule has 0 spiro atoms. The summed E-state index contributed by atoms with van der Waals surface area (Å²) in [4.78, 5) is 24.4. The molecular formula is C15H23N3O3. The summed E-state index contributed by atoms with van der Waals surface area (Å²) in [6.07, 6.45) is 0. The molecule has 2 amide bonds. The van der Waals surface area contributed by atoms with Crippen molar-refractivity contribution in [2.75, 3.05) is 32.8 Å². The first-order chi connectivity index (χ1) is 10.1.